The zero-order valence-electron chi connectivity index (χ0n) is 17.9. The highest BCUT2D eigenvalue weighted by molar-refractivity contribution is 5.98. The van der Waals surface area contributed by atoms with Gasteiger partial charge in [0.05, 0.1) is 0 Å². The Kier molecular flexibility index (Phi) is 8.59. The van der Waals surface area contributed by atoms with Gasteiger partial charge in [0.25, 0.3) is 0 Å². The molecule has 2 amide bonds. The fraction of sp³-hybridized carbons (Fsp3) is 0.375. The lowest BCUT2D eigenvalue weighted by Gasteiger charge is -2.29. The van der Waals surface area contributed by atoms with Crippen molar-refractivity contribution in [3.05, 3.63) is 65.4 Å². The maximum atomic E-state index is 12.4. The zero-order valence-corrected chi connectivity index (χ0v) is 17.9. The molecule has 0 saturated carbocycles. The molecule has 0 radical (unpaired) electrons. The predicted molar refractivity (Wildman–Crippen MR) is 119 cm³/mol. The lowest BCUT2D eigenvalue weighted by Crippen LogP contribution is -2.43. The summed E-state index contributed by atoms with van der Waals surface area (Å²) in [5.41, 5.74) is 3.40. The van der Waals surface area contributed by atoms with E-state index in [1.54, 1.807) is 23.2 Å². The van der Waals surface area contributed by atoms with Crippen LogP contribution in [0, 0.1) is 0 Å². The number of amides is 2. The number of anilines is 1. The monoisotopic (exact) mass is 393 g/mol. The molecular formula is C24H31N3O2. The number of aromatic nitrogens is 1. The summed E-state index contributed by atoms with van der Waals surface area (Å²) in [6, 6.07) is 12.0. The zero-order chi connectivity index (χ0) is 21.2. The van der Waals surface area contributed by atoms with E-state index in [1.807, 2.05) is 56.9 Å². The number of β-lactam (4-membered cyclic amide) rings is 1. The van der Waals surface area contributed by atoms with Gasteiger partial charge in [-0.05, 0) is 41.3 Å². The van der Waals surface area contributed by atoms with Gasteiger partial charge in [0.1, 0.15) is 5.82 Å². The Morgan fingerprint density at radius 3 is 2.28 bits per heavy atom. The van der Waals surface area contributed by atoms with Gasteiger partial charge in [0.2, 0.25) is 11.8 Å². The summed E-state index contributed by atoms with van der Waals surface area (Å²) in [6.45, 7) is 10.1. The van der Waals surface area contributed by atoms with E-state index in [-0.39, 0.29) is 11.8 Å². The topological polar surface area (TPSA) is 53.5 Å². The van der Waals surface area contributed by atoms with Crippen LogP contribution in [0.5, 0.6) is 0 Å². The lowest BCUT2D eigenvalue weighted by atomic mass is 10.00. The molecule has 1 aromatic carbocycles. The van der Waals surface area contributed by atoms with E-state index in [2.05, 4.69) is 17.1 Å². The molecule has 1 saturated heterocycles. The van der Waals surface area contributed by atoms with Crippen molar-refractivity contribution < 1.29 is 9.59 Å². The number of nitrogens with zero attached hydrogens (tertiary/aromatic N) is 3. The summed E-state index contributed by atoms with van der Waals surface area (Å²) in [4.78, 5) is 31.7. The molecule has 1 aromatic heterocycles. The number of hydrogen-bond acceptors (Lipinski definition) is 3. The van der Waals surface area contributed by atoms with E-state index < -0.39 is 0 Å². The Balaban J connectivity index is 0.000000707. The van der Waals surface area contributed by atoms with Crippen molar-refractivity contribution in [1.29, 1.82) is 0 Å². The third kappa shape index (κ3) is 5.53. The number of hydrogen-bond donors (Lipinski definition) is 0. The first kappa shape index (κ1) is 22.3. The third-order valence-corrected chi connectivity index (χ3v) is 4.76. The highest BCUT2D eigenvalue weighted by atomic mass is 16.2. The summed E-state index contributed by atoms with van der Waals surface area (Å²) in [5.74, 6) is 0.792. The van der Waals surface area contributed by atoms with Crippen LogP contribution in [0.25, 0.3) is 6.08 Å². The Morgan fingerprint density at radius 1 is 0.966 bits per heavy atom. The minimum absolute atomic E-state index is 0.0106. The van der Waals surface area contributed by atoms with Crippen LogP contribution >= 0.6 is 0 Å². The predicted octanol–water partition coefficient (Wildman–Crippen LogP) is 4.47. The Bertz CT molecular complexity index is 843. The number of benzene rings is 1. The largest absolute Gasteiger partial charge is 0.334 e. The molecule has 0 spiro atoms. The molecule has 3 heterocycles. The molecule has 1 fully saturated rings. The van der Waals surface area contributed by atoms with Crippen molar-refractivity contribution in [3.8, 4) is 0 Å². The van der Waals surface area contributed by atoms with Gasteiger partial charge in [-0.15, -0.1) is 0 Å². The van der Waals surface area contributed by atoms with E-state index in [9.17, 15) is 9.59 Å². The Labute approximate surface area is 174 Å². The van der Waals surface area contributed by atoms with Gasteiger partial charge in [-0.2, -0.15) is 0 Å². The molecule has 5 nitrogen and oxygen atoms in total. The highest BCUT2D eigenvalue weighted by Gasteiger charge is 2.25. The molecule has 0 N–H and O–H groups in total. The van der Waals surface area contributed by atoms with Crippen LogP contribution in [0.4, 0.5) is 5.82 Å². The normalized spacial score (nSPS) is 14.8. The van der Waals surface area contributed by atoms with Gasteiger partial charge in [-0.25, -0.2) is 4.98 Å². The summed E-state index contributed by atoms with van der Waals surface area (Å²) >= 11 is 0. The molecule has 0 aliphatic carbocycles. The smallest absolute Gasteiger partial charge is 0.246 e. The first-order valence-electron chi connectivity index (χ1n) is 10.5. The molecule has 29 heavy (non-hydrogen) atoms. The van der Waals surface area contributed by atoms with Crippen molar-refractivity contribution in [3.63, 3.8) is 0 Å². The molecule has 2 aliphatic rings. The molecule has 0 atom stereocenters. The van der Waals surface area contributed by atoms with Gasteiger partial charge in [0, 0.05) is 38.3 Å². The van der Waals surface area contributed by atoms with Gasteiger partial charge in [-0.3, -0.25) is 14.5 Å². The van der Waals surface area contributed by atoms with Crippen LogP contribution in [-0.4, -0.2) is 34.8 Å². The number of pyridine rings is 1. The first-order valence-corrected chi connectivity index (χ1v) is 10.5. The molecule has 2 aromatic rings. The second kappa shape index (κ2) is 11.1. The maximum Gasteiger partial charge on any atom is 0.246 e. The first-order chi connectivity index (χ1) is 14.2. The van der Waals surface area contributed by atoms with E-state index in [0.717, 1.165) is 25.1 Å². The molecule has 5 heteroatoms. The summed E-state index contributed by atoms with van der Waals surface area (Å²) < 4.78 is 0. The molecule has 4 rings (SSSR count). The summed E-state index contributed by atoms with van der Waals surface area (Å²) in [7, 11) is 0. The van der Waals surface area contributed by atoms with E-state index in [1.165, 1.54) is 11.1 Å². The number of rotatable bonds is 3. The van der Waals surface area contributed by atoms with Gasteiger partial charge >= 0.3 is 0 Å². The van der Waals surface area contributed by atoms with Crippen LogP contribution in [0.3, 0.4) is 0 Å². The van der Waals surface area contributed by atoms with Crippen molar-refractivity contribution in [1.82, 2.24) is 9.88 Å². The summed E-state index contributed by atoms with van der Waals surface area (Å²) in [6.07, 6.45) is 6.56. The molecule has 2 aliphatic heterocycles. The average molecular weight is 394 g/mol. The van der Waals surface area contributed by atoms with Gasteiger partial charge < -0.3 is 4.90 Å². The van der Waals surface area contributed by atoms with Crippen molar-refractivity contribution in [2.45, 2.75) is 47.1 Å². The molecule has 154 valence electrons. The SMILES string of the molecule is CC.CC.O=C(/C=C/c1ccc(N2CCC2=O)nc1)N1CCc2ccccc2C1. The fourth-order valence-electron chi connectivity index (χ4n) is 3.17. The van der Waals surface area contributed by atoms with Crippen molar-refractivity contribution >= 4 is 23.7 Å². The molecule has 0 unspecified atom stereocenters. The van der Waals surface area contributed by atoms with E-state index in [4.69, 9.17) is 0 Å². The minimum atomic E-state index is 0.0106. The van der Waals surface area contributed by atoms with Crippen LogP contribution in [0.1, 0.15) is 50.8 Å². The van der Waals surface area contributed by atoms with E-state index >= 15 is 0 Å². The third-order valence-electron chi connectivity index (χ3n) is 4.76. The van der Waals surface area contributed by atoms with Crippen LogP contribution in [0.2, 0.25) is 0 Å². The fourth-order valence-corrected chi connectivity index (χ4v) is 3.17. The second-order valence-electron chi connectivity index (χ2n) is 6.36. The Morgan fingerprint density at radius 2 is 1.69 bits per heavy atom. The molecular weight excluding hydrogens is 362 g/mol. The second-order valence-corrected chi connectivity index (χ2v) is 6.36. The number of carbonyl (C=O) groups is 2. The van der Waals surface area contributed by atoms with E-state index in [0.29, 0.717) is 18.8 Å². The van der Waals surface area contributed by atoms with Crippen molar-refractivity contribution in [2.24, 2.45) is 0 Å². The maximum absolute atomic E-state index is 12.4. The molecule has 0 bridgehead atoms. The number of carbonyl (C=O) groups excluding carboxylic acids is 2. The average Bonchev–Trinajstić information content (AvgIpc) is 2.79. The lowest BCUT2D eigenvalue weighted by molar-refractivity contribution is -0.126. The number of fused-ring (bicyclic) bond motifs is 1. The Hall–Kier alpha value is -2.95. The van der Waals surface area contributed by atoms with Crippen LogP contribution in [-0.2, 0) is 22.6 Å². The highest BCUT2D eigenvalue weighted by Crippen LogP contribution is 2.20. The van der Waals surface area contributed by atoms with Crippen LogP contribution in [0.15, 0.2) is 48.7 Å². The van der Waals surface area contributed by atoms with Crippen LogP contribution < -0.4 is 4.90 Å². The summed E-state index contributed by atoms with van der Waals surface area (Å²) in [5, 5.41) is 0. The van der Waals surface area contributed by atoms with Crippen molar-refractivity contribution in [2.75, 3.05) is 18.0 Å². The van der Waals surface area contributed by atoms with Gasteiger partial charge in [-0.1, -0.05) is 52.0 Å². The quantitative estimate of drug-likeness (QED) is 0.571. The minimum Gasteiger partial charge on any atom is -0.334 e. The van der Waals surface area contributed by atoms with Gasteiger partial charge in [0.15, 0.2) is 0 Å². The standard InChI is InChI=1S/C20H19N3O2.2C2H6/c24-19(22-11-9-16-3-1-2-4-17(16)14-22)8-6-15-5-7-18(21-13-15)23-12-10-20(23)25;2*1-2/h1-8,13H,9-12,14H2;2*1-2H3/b8-6+;;.